The highest BCUT2D eigenvalue weighted by Gasteiger charge is 2.18. The quantitative estimate of drug-likeness (QED) is 0.0320. The smallest absolute Gasteiger partial charge is 0.305 e. The predicted octanol–water partition coefficient (Wildman–Crippen LogP) is 21.6. The van der Waals surface area contributed by atoms with Crippen LogP contribution >= 0.6 is 0 Å². The van der Waals surface area contributed by atoms with Crippen LogP contribution in [0.4, 0.5) is 0 Å². The zero-order valence-corrected chi connectivity index (χ0v) is 50.4. The van der Waals surface area contributed by atoms with Crippen molar-refractivity contribution in [2.24, 2.45) is 0 Å². The molecule has 0 bridgehead atoms. The van der Waals surface area contributed by atoms with Crippen molar-refractivity contribution >= 4 is 11.9 Å². The maximum absolute atomic E-state index is 12.5. The Morgan fingerprint density at radius 2 is 0.622 bits per heavy atom. The van der Waals surface area contributed by atoms with Gasteiger partial charge in [0.2, 0.25) is 5.91 Å². The Labute approximate surface area is 463 Å². The normalized spacial score (nSPS) is 12.5. The van der Waals surface area contributed by atoms with Gasteiger partial charge in [0.15, 0.2) is 0 Å². The van der Waals surface area contributed by atoms with Gasteiger partial charge in [-0.25, -0.2) is 0 Å². The van der Waals surface area contributed by atoms with Crippen LogP contribution in [0.15, 0.2) is 12.2 Å². The minimum atomic E-state index is -0.840. The number of ether oxygens (including phenoxy) is 1. The number of esters is 1. The first-order chi connectivity index (χ1) is 36.5. The van der Waals surface area contributed by atoms with E-state index in [0.717, 1.165) is 38.5 Å². The van der Waals surface area contributed by atoms with Crippen LogP contribution in [-0.2, 0) is 14.3 Å². The minimum absolute atomic E-state index is 0.0220. The summed E-state index contributed by atoms with van der Waals surface area (Å²) in [5.74, 6) is -0.0397. The van der Waals surface area contributed by atoms with Crippen molar-refractivity contribution in [2.75, 3.05) is 13.2 Å². The molecule has 6 nitrogen and oxygen atoms in total. The second-order valence-electron chi connectivity index (χ2n) is 23.5. The molecule has 0 aliphatic rings. The molecule has 74 heavy (non-hydrogen) atoms. The van der Waals surface area contributed by atoms with E-state index in [1.807, 2.05) is 6.08 Å². The van der Waals surface area contributed by atoms with Crippen LogP contribution in [0.3, 0.4) is 0 Å². The Balaban J connectivity index is 3.33. The van der Waals surface area contributed by atoms with E-state index in [9.17, 15) is 19.8 Å². The van der Waals surface area contributed by atoms with Crippen LogP contribution in [0.5, 0.6) is 0 Å². The molecule has 0 spiro atoms. The van der Waals surface area contributed by atoms with Crippen LogP contribution in [0.2, 0.25) is 0 Å². The lowest BCUT2D eigenvalue weighted by molar-refractivity contribution is -0.143. The number of amides is 1. The van der Waals surface area contributed by atoms with Crippen molar-refractivity contribution < 1.29 is 24.5 Å². The Hall–Kier alpha value is -1.40. The van der Waals surface area contributed by atoms with Gasteiger partial charge in [-0.05, 0) is 32.1 Å². The summed E-state index contributed by atoms with van der Waals surface area (Å²) >= 11 is 0. The average molecular weight is 1040 g/mol. The average Bonchev–Trinajstić information content (AvgIpc) is 3.40. The molecule has 0 aromatic carbocycles. The lowest BCUT2D eigenvalue weighted by Gasteiger charge is -2.20. The zero-order valence-electron chi connectivity index (χ0n) is 50.4. The summed E-state index contributed by atoms with van der Waals surface area (Å²) in [6.45, 7) is 4.94. The van der Waals surface area contributed by atoms with Crippen molar-refractivity contribution in [3.05, 3.63) is 12.2 Å². The fraction of sp³-hybridized carbons (Fsp3) is 0.941. The number of carbonyl (C=O) groups is 2. The molecule has 2 atom stereocenters. The lowest BCUT2D eigenvalue weighted by Crippen LogP contribution is -2.45. The third kappa shape index (κ3) is 59.8. The molecular formula is C68H133NO5. The molecule has 0 aliphatic heterocycles. The van der Waals surface area contributed by atoms with Crippen LogP contribution in [0.25, 0.3) is 0 Å². The highest BCUT2D eigenvalue weighted by Crippen LogP contribution is 2.19. The fourth-order valence-corrected chi connectivity index (χ4v) is 10.9. The summed E-state index contributed by atoms with van der Waals surface area (Å²) in [4.78, 5) is 24.5. The molecule has 0 radical (unpaired) electrons. The predicted molar refractivity (Wildman–Crippen MR) is 324 cm³/mol. The van der Waals surface area contributed by atoms with Gasteiger partial charge in [-0.2, -0.15) is 0 Å². The van der Waals surface area contributed by atoms with E-state index < -0.39 is 12.1 Å². The van der Waals surface area contributed by atoms with Crippen molar-refractivity contribution in [3.8, 4) is 0 Å². The topological polar surface area (TPSA) is 95.9 Å². The largest absolute Gasteiger partial charge is 0.466 e. The van der Waals surface area contributed by atoms with Crippen LogP contribution in [0.1, 0.15) is 386 Å². The van der Waals surface area contributed by atoms with Crippen LogP contribution < -0.4 is 5.32 Å². The molecule has 0 saturated carbocycles. The first kappa shape index (κ1) is 72.6. The van der Waals surface area contributed by atoms with Crippen molar-refractivity contribution in [1.82, 2.24) is 5.32 Å². The van der Waals surface area contributed by atoms with Gasteiger partial charge >= 0.3 is 5.97 Å². The third-order valence-electron chi connectivity index (χ3n) is 16.1. The van der Waals surface area contributed by atoms with Crippen LogP contribution in [0, 0.1) is 0 Å². The number of rotatable bonds is 64. The number of aliphatic hydroxyl groups excluding tert-OH is 2. The number of nitrogens with one attached hydrogen (secondary N) is 1. The maximum Gasteiger partial charge on any atom is 0.305 e. The molecule has 0 aromatic heterocycles. The highest BCUT2D eigenvalue weighted by atomic mass is 16.5. The Morgan fingerprint density at radius 1 is 0.365 bits per heavy atom. The molecule has 6 heteroatoms. The third-order valence-corrected chi connectivity index (χ3v) is 16.1. The summed E-state index contributed by atoms with van der Waals surface area (Å²) in [5, 5.41) is 23.1. The standard InChI is InChI=1S/C68H133NO5/c1-3-5-7-9-11-13-15-17-37-40-44-48-52-56-60-66(71)65(64-70)69-67(72)61-57-53-49-45-41-38-34-32-30-28-26-24-22-20-18-19-21-23-25-27-29-31-33-35-39-43-47-51-55-59-63-74-68(73)62-58-54-50-46-42-36-16-14-12-10-8-6-4-2/h56,60,65-66,70-71H,3-55,57-59,61-64H2,1-2H3,(H,69,72)/b60-56+. The van der Waals surface area contributed by atoms with E-state index in [2.05, 4.69) is 19.2 Å². The molecule has 3 N–H and O–H groups in total. The molecule has 0 fully saturated rings. The summed E-state index contributed by atoms with van der Waals surface area (Å²) in [5.41, 5.74) is 0. The second-order valence-corrected chi connectivity index (χ2v) is 23.5. The van der Waals surface area contributed by atoms with E-state index in [1.54, 1.807) is 6.08 Å². The summed E-state index contributed by atoms with van der Waals surface area (Å²) in [6, 6.07) is -0.623. The van der Waals surface area contributed by atoms with Crippen molar-refractivity contribution in [2.45, 2.75) is 398 Å². The van der Waals surface area contributed by atoms with Crippen molar-refractivity contribution in [1.29, 1.82) is 0 Å². The molecule has 0 saturated heterocycles. The van der Waals surface area contributed by atoms with Gasteiger partial charge in [-0.15, -0.1) is 0 Å². The molecule has 440 valence electrons. The van der Waals surface area contributed by atoms with Gasteiger partial charge in [0.1, 0.15) is 0 Å². The number of allylic oxidation sites excluding steroid dienone is 1. The number of aliphatic hydroxyl groups is 2. The second kappa shape index (κ2) is 64.1. The van der Waals surface area contributed by atoms with Gasteiger partial charge < -0.3 is 20.3 Å². The molecule has 0 aromatic rings. The van der Waals surface area contributed by atoms with E-state index in [0.29, 0.717) is 19.4 Å². The number of hydrogen-bond donors (Lipinski definition) is 3. The van der Waals surface area contributed by atoms with E-state index in [-0.39, 0.29) is 18.5 Å². The molecule has 2 unspecified atom stereocenters. The Bertz CT molecular complexity index is 1110. The monoisotopic (exact) mass is 1040 g/mol. The number of carbonyl (C=O) groups excluding carboxylic acids is 2. The Kier molecular flexibility index (Phi) is 62.9. The summed E-state index contributed by atoms with van der Waals surface area (Å²) in [6.07, 6.45) is 78.6. The van der Waals surface area contributed by atoms with Gasteiger partial charge in [0, 0.05) is 12.8 Å². The maximum atomic E-state index is 12.5. The molecular weight excluding hydrogens is 911 g/mol. The number of hydrogen-bond acceptors (Lipinski definition) is 5. The zero-order chi connectivity index (χ0) is 53.6. The van der Waals surface area contributed by atoms with Gasteiger partial charge in [-0.1, -0.05) is 353 Å². The molecule has 1 amide bonds. The van der Waals surface area contributed by atoms with E-state index >= 15 is 0 Å². The highest BCUT2D eigenvalue weighted by molar-refractivity contribution is 5.76. The fourth-order valence-electron chi connectivity index (χ4n) is 10.9. The summed E-state index contributed by atoms with van der Waals surface area (Å²) < 4.78 is 5.49. The van der Waals surface area contributed by atoms with Gasteiger partial charge in [0.05, 0.1) is 25.4 Å². The van der Waals surface area contributed by atoms with Gasteiger partial charge in [0.25, 0.3) is 0 Å². The Morgan fingerprint density at radius 3 is 0.919 bits per heavy atom. The lowest BCUT2D eigenvalue weighted by atomic mass is 10.0. The minimum Gasteiger partial charge on any atom is -0.466 e. The van der Waals surface area contributed by atoms with Crippen molar-refractivity contribution in [3.63, 3.8) is 0 Å². The molecule has 0 rings (SSSR count). The number of unbranched alkanes of at least 4 members (excludes halogenated alkanes) is 53. The molecule has 0 aliphatic carbocycles. The van der Waals surface area contributed by atoms with E-state index in [1.165, 1.54) is 321 Å². The first-order valence-corrected chi connectivity index (χ1v) is 34.0. The van der Waals surface area contributed by atoms with Gasteiger partial charge in [-0.3, -0.25) is 9.59 Å². The SMILES string of the molecule is CCCCCCCCCCCCCC/C=C/C(O)C(CO)NC(=O)CCCCCCCCCCCCCCCCCCCCCCCCCCCCCCCCOC(=O)CCCCCCCCCCCCCCC. The molecule has 0 heterocycles. The first-order valence-electron chi connectivity index (χ1n) is 34.0. The summed E-state index contributed by atoms with van der Waals surface area (Å²) in [7, 11) is 0. The van der Waals surface area contributed by atoms with Crippen LogP contribution in [-0.4, -0.2) is 47.4 Å². The van der Waals surface area contributed by atoms with E-state index in [4.69, 9.17) is 4.74 Å².